The van der Waals surface area contributed by atoms with E-state index in [0.717, 1.165) is 11.8 Å². The molecule has 0 aliphatic carbocycles. The van der Waals surface area contributed by atoms with Gasteiger partial charge >= 0.3 is 0 Å². The first-order valence-electron chi connectivity index (χ1n) is 6.51. The Balaban J connectivity index is 2.97. The SMILES string of the molecule is CC(C)(C)SC(SC(C)(C)C)c1ccc(C=O)cc1. The van der Waals surface area contributed by atoms with Crippen LogP contribution in [-0.2, 0) is 0 Å². The van der Waals surface area contributed by atoms with Crippen LogP contribution >= 0.6 is 23.5 Å². The standard InChI is InChI=1S/C16H24OS2/c1-15(2,3)18-14(19-16(4,5)6)13-9-7-12(11-17)8-10-13/h7-11,14H,1-6H3. The van der Waals surface area contributed by atoms with Gasteiger partial charge in [-0.3, -0.25) is 4.79 Å². The largest absolute Gasteiger partial charge is 0.298 e. The number of aldehydes is 1. The number of rotatable bonds is 4. The van der Waals surface area contributed by atoms with Crippen molar-refractivity contribution in [1.82, 2.24) is 0 Å². The van der Waals surface area contributed by atoms with Crippen molar-refractivity contribution in [2.24, 2.45) is 0 Å². The molecule has 0 heterocycles. The van der Waals surface area contributed by atoms with E-state index in [1.807, 2.05) is 35.7 Å². The molecule has 0 saturated heterocycles. The third-order valence-electron chi connectivity index (χ3n) is 2.27. The molecule has 0 aromatic heterocycles. The summed E-state index contributed by atoms with van der Waals surface area (Å²) in [7, 11) is 0. The molecule has 0 unspecified atom stereocenters. The first-order chi connectivity index (χ1) is 8.61. The fourth-order valence-corrected chi connectivity index (χ4v) is 5.33. The normalized spacial score (nSPS) is 12.8. The van der Waals surface area contributed by atoms with E-state index in [2.05, 4.69) is 53.7 Å². The average molecular weight is 297 g/mol. The molecule has 0 N–H and O–H groups in total. The van der Waals surface area contributed by atoms with Crippen LogP contribution in [0.15, 0.2) is 24.3 Å². The molecule has 0 radical (unpaired) electrons. The van der Waals surface area contributed by atoms with E-state index in [1.54, 1.807) is 0 Å². The van der Waals surface area contributed by atoms with Crippen LogP contribution in [0.1, 0.15) is 62.0 Å². The van der Waals surface area contributed by atoms with Gasteiger partial charge in [-0.2, -0.15) is 0 Å². The van der Waals surface area contributed by atoms with Gasteiger partial charge in [0.05, 0.1) is 4.58 Å². The maximum absolute atomic E-state index is 10.7. The highest BCUT2D eigenvalue weighted by Crippen LogP contribution is 2.50. The lowest BCUT2D eigenvalue weighted by atomic mass is 10.2. The maximum atomic E-state index is 10.7. The van der Waals surface area contributed by atoms with Crippen LogP contribution in [0.5, 0.6) is 0 Å². The molecule has 0 atom stereocenters. The van der Waals surface area contributed by atoms with Gasteiger partial charge in [-0.1, -0.05) is 65.8 Å². The topological polar surface area (TPSA) is 17.1 Å². The highest BCUT2D eigenvalue weighted by atomic mass is 32.2. The Morgan fingerprint density at radius 1 is 0.895 bits per heavy atom. The Labute approximate surface area is 125 Å². The van der Waals surface area contributed by atoms with Crippen LogP contribution in [0.2, 0.25) is 0 Å². The van der Waals surface area contributed by atoms with Crippen molar-refractivity contribution in [2.75, 3.05) is 0 Å². The predicted octanol–water partition coefficient (Wildman–Crippen LogP) is 5.56. The summed E-state index contributed by atoms with van der Waals surface area (Å²) in [6, 6.07) is 7.96. The summed E-state index contributed by atoms with van der Waals surface area (Å²) >= 11 is 3.94. The van der Waals surface area contributed by atoms with Crippen molar-refractivity contribution in [1.29, 1.82) is 0 Å². The second kappa shape index (κ2) is 6.36. The Morgan fingerprint density at radius 3 is 1.63 bits per heavy atom. The van der Waals surface area contributed by atoms with Gasteiger partial charge in [-0.15, -0.1) is 23.5 Å². The van der Waals surface area contributed by atoms with Crippen molar-refractivity contribution in [2.45, 2.75) is 55.6 Å². The molecule has 0 fully saturated rings. The minimum absolute atomic E-state index is 0.215. The molecule has 0 amide bonds. The Morgan fingerprint density at radius 2 is 1.32 bits per heavy atom. The van der Waals surface area contributed by atoms with Crippen LogP contribution in [0.4, 0.5) is 0 Å². The molecule has 0 saturated carbocycles. The third-order valence-corrected chi connectivity index (χ3v) is 5.23. The fraction of sp³-hybridized carbons (Fsp3) is 0.562. The molecule has 1 nitrogen and oxygen atoms in total. The van der Waals surface area contributed by atoms with Crippen LogP contribution in [0.3, 0.4) is 0 Å². The predicted molar refractivity (Wildman–Crippen MR) is 89.3 cm³/mol. The first kappa shape index (κ1) is 16.6. The molecule has 106 valence electrons. The van der Waals surface area contributed by atoms with Crippen molar-refractivity contribution in [3.63, 3.8) is 0 Å². The zero-order chi connectivity index (χ0) is 14.7. The van der Waals surface area contributed by atoms with Crippen LogP contribution in [0.25, 0.3) is 0 Å². The molecule has 19 heavy (non-hydrogen) atoms. The zero-order valence-corrected chi connectivity index (χ0v) is 14.3. The van der Waals surface area contributed by atoms with Crippen LogP contribution in [-0.4, -0.2) is 15.8 Å². The second-order valence-corrected chi connectivity index (χ2v) is 10.7. The summed E-state index contributed by atoms with van der Waals surface area (Å²) in [5.41, 5.74) is 2.02. The lowest BCUT2D eigenvalue weighted by Crippen LogP contribution is -2.15. The average Bonchev–Trinajstić information content (AvgIpc) is 2.24. The van der Waals surface area contributed by atoms with E-state index in [4.69, 9.17) is 0 Å². The number of carbonyl (C=O) groups excluding carboxylic acids is 1. The fourth-order valence-electron chi connectivity index (χ4n) is 1.53. The molecular weight excluding hydrogens is 272 g/mol. The van der Waals surface area contributed by atoms with Gasteiger partial charge in [0.25, 0.3) is 0 Å². The number of thioether (sulfide) groups is 2. The van der Waals surface area contributed by atoms with E-state index < -0.39 is 0 Å². The van der Waals surface area contributed by atoms with Crippen LogP contribution < -0.4 is 0 Å². The highest BCUT2D eigenvalue weighted by Gasteiger charge is 2.26. The minimum Gasteiger partial charge on any atom is -0.298 e. The van der Waals surface area contributed by atoms with E-state index in [-0.39, 0.29) is 9.49 Å². The molecule has 0 bridgehead atoms. The maximum Gasteiger partial charge on any atom is 0.150 e. The summed E-state index contributed by atoms with van der Waals surface area (Å²) in [5.74, 6) is 0. The Hall–Kier alpha value is -0.410. The number of hydrogen-bond donors (Lipinski definition) is 0. The molecule has 1 aromatic carbocycles. The molecular formula is C16H24OS2. The van der Waals surface area contributed by atoms with Gasteiger partial charge in [0, 0.05) is 15.1 Å². The summed E-state index contributed by atoms with van der Waals surface area (Å²) < 4.78 is 0.819. The quantitative estimate of drug-likeness (QED) is 0.535. The van der Waals surface area contributed by atoms with Gasteiger partial charge in [-0.05, 0) is 5.56 Å². The second-order valence-electron chi connectivity index (χ2n) is 6.58. The van der Waals surface area contributed by atoms with Crippen molar-refractivity contribution in [3.05, 3.63) is 35.4 Å². The highest BCUT2D eigenvalue weighted by molar-refractivity contribution is 8.17. The summed E-state index contributed by atoms with van der Waals surface area (Å²) in [6.07, 6.45) is 0.895. The lowest BCUT2D eigenvalue weighted by molar-refractivity contribution is 0.112. The van der Waals surface area contributed by atoms with Gasteiger partial charge in [0.1, 0.15) is 6.29 Å². The molecule has 0 aliphatic rings. The number of hydrogen-bond acceptors (Lipinski definition) is 3. The van der Waals surface area contributed by atoms with Crippen molar-refractivity contribution < 1.29 is 4.79 Å². The molecule has 1 rings (SSSR count). The van der Waals surface area contributed by atoms with Crippen molar-refractivity contribution >= 4 is 29.8 Å². The first-order valence-corrected chi connectivity index (χ1v) is 8.27. The summed E-state index contributed by atoms with van der Waals surface area (Å²) in [4.78, 5) is 10.7. The monoisotopic (exact) mass is 296 g/mol. The van der Waals surface area contributed by atoms with E-state index in [9.17, 15) is 4.79 Å². The van der Waals surface area contributed by atoms with Gasteiger partial charge in [0.15, 0.2) is 0 Å². The molecule has 3 heteroatoms. The van der Waals surface area contributed by atoms with Gasteiger partial charge in [-0.25, -0.2) is 0 Å². The smallest absolute Gasteiger partial charge is 0.150 e. The minimum atomic E-state index is 0.215. The number of benzene rings is 1. The number of carbonyl (C=O) groups is 1. The van der Waals surface area contributed by atoms with Gasteiger partial charge < -0.3 is 0 Å². The van der Waals surface area contributed by atoms with Gasteiger partial charge in [0.2, 0.25) is 0 Å². The van der Waals surface area contributed by atoms with Crippen molar-refractivity contribution in [3.8, 4) is 0 Å². The Bertz CT molecular complexity index is 394. The summed E-state index contributed by atoms with van der Waals surface area (Å²) in [5, 5.41) is 0. The van der Waals surface area contributed by atoms with Crippen LogP contribution in [0, 0.1) is 0 Å². The van der Waals surface area contributed by atoms with E-state index in [1.165, 1.54) is 5.56 Å². The summed E-state index contributed by atoms with van der Waals surface area (Å²) in [6.45, 7) is 13.5. The van der Waals surface area contributed by atoms with E-state index in [0.29, 0.717) is 4.58 Å². The molecule has 0 aliphatic heterocycles. The lowest BCUT2D eigenvalue weighted by Gasteiger charge is -2.30. The van der Waals surface area contributed by atoms with E-state index >= 15 is 0 Å². The third kappa shape index (κ3) is 6.53. The Kier molecular flexibility index (Phi) is 5.57. The zero-order valence-electron chi connectivity index (χ0n) is 12.7. The molecule has 1 aromatic rings. The molecule has 0 spiro atoms.